The van der Waals surface area contributed by atoms with Crippen molar-refractivity contribution in [3.05, 3.63) is 30.1 Å². The third-order valence-corrected chi connectivity index (χ3v) is 5.66. The molecule has 1 aromatic carbocycles. The van der Waals surface area contributed by atoms with Crippen LogP contribution in [-0.2, 0) is 19.6 Å². The van der Waals surface area contributed by atoms with Crippen LogP contribution in [0.2, 0.25) is 0 Å². The fraction of sp³-hybridized carbons (Fsp3) is 0.588. The maximum Gasteiger partial charge on any atom is 0.305 e. The minimum Gasteiger partial charge on any atom is -0.465 e. The van der Waals surface area contributed by atoms with E-state index in [-0.39, 0.29) is 23.8 Å². The fourth-order valence-electron chi connectivity index (χ4n) is 2.77. The number of carbonyl (C=O) groups is 1. The minimum atomic E-state index is -3.67. The fourth-order valence-corrected chi connectivity index (χ4v) is 3.85. The summed E-state index contributed by atoms with van der Waals surface area (Å²) in [5.74, 6) is -0.309. The van der Waals surface area contributed by atoms with Crippen LogP contribution in [0, 0.1) is 11.7 Å². The first-order chi connectivity index (χ1) is 11.5. The van der Waals surface area contributed by atoms with Gasteiger partial charge in [-0.1, -0.05) is 19.3 Å². The first-order valence-corrected chi connectivity index (χ1v) is 9.86. The molecular weight excluding hydrogens is 333 g/mol. The van der Waals surface area contributed by atoms with Crippen LogP contribution >= 0.6 is 0 Å². The molecule has 0 bridgehead atoms. The molecule has 2 rings (SSSR count). The second kappa shape index (κ2) is 9.13. The molecule has 0 aliphatic heterocycles. The normalized spacial score (nSPS) is 16.0. The Morgan fingerprint density at radius 2 is 1.83 bits per heavy atom. The molecule has 1 aromatic rings. The number of carbonyl (C=O) groups excluding carboxylic acids is 1. The Labute approximate surface area is 142 Å². The number of nitrogens with one attached hydrogen (secondary N) is 1. The molecule has 1 saturated carbocycles. The highest BCUT2D eigenvalue weighted by Crippen LogP contribution is 2.23. The van der Waals surface area contributed by atoms with E-state index in [1.165, 1.54) is 31.4 Å². The number of sulfonamides is 1. The van der Waals surface area contributed by atoms with E-state index in [4.69, 9.17) is 4.74 Å². The van der Waals surface area contributed by atoms with Gasteiger partial charge in [-0.3, -0.25) is 4.79 Å². The lowest BCUT2D eigenvalue weighted by Crippen LogP contribution is -2.25. The lowest BCUT2D eigenvalue weighted by atomic mass is 9.90. The lowest BCUT2D eigenvalue weighted by molar-refractivity contribution is -0.145. The van der Waals surface area contributed by atoms with Crippen LogP contribution in [0.4, 0.5) is 4.39 Å². The highest BCUT2D eigenvalue weighted by Gasteiger charge is 2.16. The summed E-state index contributed by atoms with van der Waals surface area (Å²) in [5, 5.41) is 0. The molecule has 1 aliphatic carbocycles. The van der Waals surface area contributed by atoms with Crippen molar-refractivity contribution in [2.45, 2.75) is 49.8 Å². The molecular formula is C17H24FNO4S. The molecule has 1 aliphatic rings. The lowest BCUT2D eigenvalue weighted by Gasteiger charge is -2.21. The van der Waals surface area contributed by atoms with E-state index >= 15 is 0 Å². The minimum absolute atomic E-state index is 0.00350. The van der Waals surface area contributed by atoms with Crippen molar-refractivity contribution < 1.29 is 22.3 Å². The van der Waals surface area contributed by atoms with Gasteiger partial charge in [0.1, 0.15) is 5.82 Å². The van der Waals surface area contributed by atoms with Gasteiger partial charge in [0, 0.05) is 13.0 Å². The summed E-state index contributed by atoms with van der Waals surface area (Å²) in [6, 6.07) is 4.60. The molecule has 134 valence electrons. The summed E-state index contributed by atoms with van der Waals surface area (Å²) >= 11 is 0. The molecule has 0 radical (unpaired) electrons. The van der Waals surface area contributed by atoms with Crippen LogP contribution in [0.1, 0.15) is 44.9 Å². The van der Waals surface area contributed by atoms with Crippen molar-refractivity contribution in [3.63, 3.8) is 0 Å². The quantitative estimate of drug-likeness (QED) is 0.573. The Bertz CT molecular complexity index is 624. The van der Waals surface area contributed by atoms with Gasteiger partial charge in [-0.15, -0.1) is 0 Å². The zero-order chi connectivity index (χ0) is 17.4. The van der Waals surface area contributed by atoms with E-state index in [1.807, 2.05) is 0 Å². The van der Waals surface area contributed by atoms with E-state index in [0.717, 1.165) is 25.0 Å². The maximum absolute atomic E-state index is 12.8. The molecule has 0 unspecified atom stereocenters. The largest absolute Gasteiger partial charge is 0.465 e. The standard InChI is InChI=1S/C17H24FNO4S/c18-15-8-10-16(11-9-15)24(21,22)19-12-4-7-17(20)23-13-14-5-2-1-3-6-14/h8-11,14,19H,1-7,12-13H2. The van der Waals surface area contributed by atoms with Gasteiger partial charge < -0.3 is 4.74 Å². The Hall–Kier alpha value is -1.47. The summed E-state index contributed by atoms with van der Waals surface area (Å²) in [6.07, 6.45) is 6.44. The van der Waals surface area contributed by atoms with Gasteiger partial charge >= 0.3 is 5.97 Å². The smallest absolute Gasteiger partial charge is 0.305 e. The van der Waals surface area contributed by atoms with Gasteiger partial charge in [0.2, 0.25) is 10.0 Å². The summed E-state index contributed by atoms with van der Waals surface area (Å²) in [7, 11) is -3.67. The van der Waals surface area contributed by atoms with Crippen molar-refractivity contribution in [1.82, 2.24) is 4.72 Å². The third-order valence-electron chi connectivity index (χ3n) is 4.18. The Balaban J connectivity index is 1.64. The van der Waals surface area contributed by atoms with E-state index in [2.05, 4.69) is 4.72 Å². The number of rotatable bonds is 8. The van der Waals surface area contributed by atoms with Gasteiger partial charge in [0.05, 0.1) is 11.5 Å². The molecule has 0 atom stereocenters. The summed E-state index contributed by atoms with van der Waals surface area (Å²) in [5.41, 5.74) is 0. The van der Waals surface area contributed by atoms with Crippen molar-refractivity contribution in [1.29, 1.82) is 0 Å². The number of ether oxygens (including phenoxy) is 1. The second-order valence-corrected chi connectivity index (χ2v) is 7.91. The number of hydrogen-bond acceptors (Lipinski definition) is 4. The molecule has 24 heavy (non-hydrogen) atoms. The average Bonchev–Trinajstić information content (AvgIpc) is 2.58. The van der Waals surface area contributed by atoms with Crippen LogP contribution in [0.15, 0.2) is 29.2 Å². The van der Waals surface area contributed by atoms with E-state index in [0.29, 0.717) is 18.9 Å². The Kier molecular flexibility index (Phi) is 7.17. The van der Waals surface area contributed by atoms with Gasteiger partial charge in [0.25, 0.3) is 0 Å². The average molecular weight is 357 g/mol. The second-order valence-electron chi connectivity index (χ2n) is 6.14. The van der Waals surface area contributed by atoms with E-state index in [1.54, 1.807) is 0 Å². The Morgan fingerprint density at radius 3 is 2.50 bits per heavy atom. The SMILES string of the molecule is O=C(CCCNS(=O)(=O)c1ccc(F)cc1)OCC1CCCCC1. The first-order valence-electron chi connectivity index (χ1n) is 8.38. The van der Waals surface area contributed by atoms with Gasteiger partial charge in [-0.05, 0) is 49.4 Å². The van der Waals surface area contributed by atoms with Crippen LogP contribution in [0.3, 0.4) is 0 Å². The zero-order valence-corrected chi connectivity index (χ0v) is 14.5. The summed E-state index contributed by atoms with van der Waals surface area (Å²) in [4.78, 5) is 11.7. The summed E-state index contributed by atoms with van der Waals surface area (Å²) < 4.78 is 44.4. The zero-order valence-electron chi connectivity index (χ0n) is 13.7. The van der Waals surface area contributed by atoms with Crippen LogP contribution in [0.25, 0.3) is 0 Å². The van der Waals surface area contributed by atoms with Gasteiger partial charge in [-0.2, -0.15) is 0 Å². The number of esters is 1. The van der Waals surface area contributed by atoms with Crippen molar-refractivity contribution >= 4 is 16.0 Å². The molecule has 7 heteroatoms. The maximum atomic E-state index is 12.8. The van der Waals surface area contributed by atoms with Crippen LogP contribution in [0.5, 0.6) is 0 Å². The molecule has 1 N–H and O–H groups in total. The molecule has 0 aromatic heterocycles. The van der Waals surface area contributed by atoms with Crippen LogP contribution in [-0.4, -0.2) is 27.5 Å². The highest BCUT2D eigenvalue weighted by molar-refractivity contribution is 7.89. The topological polar surface area (TPSA) is 72.5 Å². The number of benzene rings is 1. The predicted molar refractivity (Wildman–Crippen MR) is 88.4 cm³/mol. The molecule has 0 saturated heterocycles. The van der Waals surface area contributed by atoms with Crippen molar-refractivity contribution in [3.8, 4) is 0 Å². The molecule has 1 fully saturated rings. The van der Waals surface area contributed by atoms with E-state index < -0.39 is 15.8 Å². The summed E-state index contributed by atoms with van der Waals surface area (Å²) in [6.45, 7) is 0.610. The van der Waals surface area contributed by atoms with Gasteiger partial charge in [-0.25, -0.2) is 17.5 Å². The highest BCUT2D eigenvalue weighted by atomic mass is 32.2. The molecule has 0 amide bonds. The Morgan fingerprint density at radius 1 is 1.17 bits per heavy atom. The third kappa shape index (κ3) is 6.20. The molecule has 0 spiro atoms. The monoisotopic (exact) mass is 357 g/mol. The molecule has 0 heterocycles. The number of hydrogen-bond donors (Lipinski definition) is 1. The van der Waals surface area contributed by atoms with Crippen molar-refractivity contribution in [2.24, 2.45) is 5.92 Å². The molecule has 5 nitrogen and oxygen atoms in total. The van der Waals surface area contributed by atoms with Crippen molar-refractivity contribution in [2.75, 3.05) is 13.2 Å². The van der Waals surface area contributed by atoms with E-state index in [9.17, 15) is 17.6 Å². The van der Waals surface area contributed by atoms with Crippen LogP contribution < -0.4 is 4.72 Å². The predicted octanol–water partition coefficient (Wildman–Crippen LogP) is 3.01. The number of halogens is 1. The van der Waals surface area contributed by atoms with Gasteiger partial charge in [0.15, 0.2) is 0 Å². The first kappa shape index (κ1) is 18.9.